The van der Waals surface area contributed by atoms with E-state index in [0.717, 1.165) is 17.5 Å². The van der Waals surface area contributed by atoms with Crippen LogP contribution in [0.25, 0.3) is 0 Å². The molecule has 3 unspecified atom stereocenters. The Bertz CT molecular complexity index is 703. The summed E-state index contributed by atoms with van der Waals surface area (Å²) < 4.78 is 0. The lowest BCUT2D eigenvalue weighted by molar-refractivity contribution is -0.123. The minimum absolute atomic E-state index is 0.0230. The van der Waals surface area contributed by atoms with Gasteiger partial charge in [-0.15, -0.1) is 0 Å². The molecule has 1 fully saturated rings. The number of phenols is 2. The second kappa shape index (κ2) is 6.28. The van der Waals surface area contributed by atoms with Crippen LogP contribution in [-0.2, 0) is 11.2 Å². The summed E-state index contributed by atoms with van der Waals surface area (Å²) in [7, 11) is 0. The van der Waals surface area contributed by atoms with Crippen molar-refractivity contribution in [1.29, 1.82) is 0 Å². The number of pyridine rings is 1. The van der Waals surface area contributed by atoms with E-state index in [1.54, 1.807) is 12.3 Å². The summed E-state index contributed by atoms with van der Waals surface area (Å²) in [6.45, 7) is 1.93. The lowest BCUT2D eigenvalue weighted by Gasteiger charge is -2.14. The fraction of sp³-hybridized carbons (Fsp3) is 0.333. The van der Waals surface area contributed by atoms with Crippen molar-refractivity contribution >= 4 is 5.91 Å². The summed E-state index contributed by atoms with van der Waals surface area (Å²) in [5.74, 6) is 0.0837. The van der Waals surface area contributed by atoms with Gasteiger partial charge in [-0.25, -0.2) is 0 Å². The Labute approximate surface area is 135 Å². The topological polar surface area (TPSA) is 82.5 Å². The van der Waals surface area contributed by atoms with Gasteiger partial charge in [-0.3, -0.25) is 9.78 Å². The molecule has 5 nitrogen and oxygen atoms in total. The normalized spacial score (nSPS) is 20.7. The number of carbonyl (C=O) groups is 1. The molecule has 23 heavy (non-hydrogen) atoms. The molecule has 0 bridgehead atoms. The molecule has 1 aliphatic carbocycles. The zero-order chi connectivity index (χ0) is 16.4. The molecular weight excluding hydrogens is 292 g/mol. The molecule has 0 aliphatic heterocycles. The van der Waals surface area contributed by atoms with E-state index in [2.05, 4.69) is 10.3 Å². The van der Waals surface area contributed by atoms with E-state index >= 15 is 0 Å². The molecule has 120 valence electrons. The van der Waals surface area contributed by atoms with Crippen LogP contribution >= 0.6 is 0 Å². The van der Waals surface area contributed by atoms with E-state index in [-0.39, 0.29) is 35.3 Å². The van der Waals surface area contributed by atoms with Gasteiger partial charge in [-0.1, -0.05) is 12.1 Å². The standard InChI is InChI=1S/C18H20N2O3/c1-11(7-12-4-5-16(21)17(22)8-12)20-18(23)15-9-14(15)13-3-2-6-19-10-13/h2-6,8,10-11,14-15,21-22H,7,9H2,1H3,(H,20,23). The van der Waals surface area contributed by atoms with E-state index in [1.165, 1.54) is 12.1 Å². The third-order valence-electron chi connectivity index (χ3n) is 4.21. The maximum absolute atomic E-state index is 12.3. The minimum Gasteiger partial charge on any atom is -0.504 e. The number of rotatable bonds is 5. The number of aromatic nitrogens is 1. The Hall–Kier alpha value is -2.56. The number of benzene rings is 1. The average Bonchev–Trinajstić information content (AvgIpc) is 3.32. The van der Waals surface area contributed by atoms with Crippen LogP contribution in [0.4, 0.5) is 0 Å². The summed E-state index contributed by atoms with van der Waals surface area (Å²) >= 11 is 0. The highest BCUT2D eigenvalue weighted by atomic mass is 16.3. The zero-order valence-electron chi connectivity index (χ0n) is 12.9. The first-order valence-electron chi connectivity index (χ1n) is 7.75. The van der Waals surface area contributed by atoms with Crippen LogP contribution in [0.3, 0.4) is 0 Å². The van der Waals surface area contributed by atoms with Gasteiger partial charge in [-0.2, -0.15) is 0 Å². The van der Waals surface area contributed by atoms with Crippen molar-refractivity contribution in [3.63, 3.8) is 0 Å². The molecule has 1 aromatic heterocycles. The van der Waals surface area contributed by atoms with Crippen molar-refractivity contribution in [3.05, 3.63) is 53.9 Å². The van der Waals surface area contributed by atoms with Gasteiger partial charge in [0.1, 0.15) is 0 Å². The lowest BCUT2D eigenvalue weighted by Crippen LogP contribution is -2.35. The van der Waals surface area contributed by atoms with Crippen LogP contribution in [0.5, 0.6) is 11.5 Å². The molecule has 1 aromatic carbocycles. The number of nitrogens with zero attached hydrogens (tertiary/aromatic N) is 1. The first-order chi connectivity index (χ1) is 11.0. The van der Waals surface area contributed by atoms with Crippen LogP contribution in [0.1, 0.15) is 30.4 Å². The molecule has 3 atom stereocenters. The molecule has 3 N–H and O–H groups in total. The van der Waals surface area contributed by atoms with Gasteiger partial charge >= 0.3 is 0 Å². The zero-order valence-corrected chi connectivity index (χ0v) is 12.9. The smallest absolute Gasteiger partial charge is 0.223 e. The maximum atomic E-state index is 12.3. The summed E-state index contributed by atoms with van der Waals surface area (Å²) in [5.41, 5.74) is 1.98. The molecular formula is C18H20N2O3. The van der Waals surface area contributed by atoms with Crippen LogP contribution in [0, 0.1) is 5.92 Å². The van der Waals surface area contributed by atoms with Gasteiger partial charge in [0.15, 0.2) is 11.5 Å². The van der Waals surface area contributed by atoms with E-state index in [0.29, 0.717) is 6.42 Å². The third-order valence-corrected chi connectivity index (χ3v) is 4.21. The lowest BCUT2D eigenvalue weighted by atomic mass is 10.1. The highest BCUT2D eigenvalue weighted by Crippen LogP contribution is 2.47. The van der Waals surface area contributed by atoms with Crippen molar-refractivity contribution in [2.24, 2.45) is 5.92 Å². The molecule has 2 aromatic rings. The molecule has 1 heterocycles. The number of hydrogen-bond acceptors (Lipinski definition) is 4. The first-order valence-corrected chi connectivity index (χ1v) is 7.75. The Morgan fingerprint density at radius 2 is 2.17 bits per heavy atom. The minimum atomic E-state index is -0.139. The third kappa shape index (κ3) is 3.62. The average molecular weight is 312 g/mol. The van der Waals surface area contributed by atoms with Gasteiger partial charge in [-0.05, 0) is 55.0 Å². The molecule has 0 radical (unpaired) electrons. The van der Waals surface area contributed by atoms with Gasteiger partial charge in [0.25, 0.3) is 0 Å². The quantitative estimate of drug-likeness (QED) is 0.740. The van der Waals surface area contributed by atoms with Crippen LogP contribution in [0.2, 0.25) is 0 Å². The van der Waals surface area contributed by atoms with Crippen LogP contribution in [0.15, 0.2) is 42.7 Å². The highest BCUT2D eigenvalue weighted by Gasteiger charge is 2.44. The number of phenolic OH excluding ortho intramolecular Hbond substituents is 2. The number of amides is 1. The second-order valence-electron chi connectivity index (χ2n) is 6.17. The van der Waals surface area contributed by atoms with Crippen molar-refractivity contribution in [2.75, 3.05) is 0 Å². The van der Waals surface area contributed by atoms with Crippen molar-refractivity contribution in [1.82, 2.24) is 10.3 Å². The Morgan fingerprint density at radius 1 is 1.35 bits per heavy atom. The predicted molar refractivity (Wildman–Crippen MR) is 86.2 cm³/mol. The Kier molecular flexibility index (Phi) is 4.19. The summed E-state index contributed by atoms with van der Waals surface area (Å²) in [5, 5.41) is 21.8. The molecule has 1 saturated carbocycles. The number of aromatic hydroxyl groups is 2. The number of carbonyl (C=O) groups excluding carboxylic acids is 1. The maximum Gasteiger partial charge on any atom is 0.223 e. The summed E-state index contributed by atoms with van der Waals surface area (Å²) in [6, 6.07) is 8.58. The summed E-state index contributed by atoms with van der Waals surface area (Å²) in [4.78, 5) is 16.4. The highest BCUT2D eigenvalue weighted by molar-refractivity contribution is 5.83. The fourth-order valence-electron chi connectivity index (χ4n) is 2.90. The van der Waals surface area contributed by atoms with Crippen LogP contribution in [-0.4, -0.2) is 27.1 Å². The SMILES string of the molecule is CC(Cc1ccc(O)c(O)c1)NC(=O)C1CC1c1cccnc1. The predicted octanol–water partition coefficient (Wildman–Crippen LogP) is 2.34. The molecule has 3 rings (SSSR count). The van der Waals surface area contributed by atoms with E-state index in [1.807, 2.05) is 25.3 Å². The van der Waals surface area contributed by atoms with Gasteiger partial charge in [0.05, 0.1) is 0 Å². The van der Waals surface area contributed by atoms with Crippen molar-refractivity contribution in [2.45, 2.75) is 31.7 Å². The monoisotopic (exact) mass is 312 g/mol. The molecule has 0 saturated heterocycles. The van der Waals surface area contributed by atoms with E-state index in [4.69, 9.17) is 0 Å². The Morgan fingerprint density at radius 3 is 2.87 bits per heavy atom. The van der Waals surface area contributed by atoms with Crippen molar-refractivity contribution in [3.8, 4) is 11.5 Å². The second-order valence-corrected chi connectivity index (χ2v) is 6.17. The molecule has 5 heteroatoms. The number of hydrogen-bond donors (Lipinski definition) is 3. The molecule has 1 amide bonds. The largest absolute Gasteiger partial charge is 0.504 e. The van der Waals surface area contributed by atoms with Gasteiger partial charge < -0.3 is 15.5 Å². The van der Waals surface area contributed by atoms with Crippen molar-refractivity contribution < 1.29 is 15.0 Å². The van der Waals surface area contributed by atoms with E-state index in [9.17, 15) is 15.0 Å². The summed E-state index contributed by atoms with van der Waals surface area (Å²) in [6.07, 6.45) is 5.02. The van der Waals surface area contributed by atoms with E-state index < -0.39 is 0 Å². The number of nitrogens with one attached hydrogen (secondary N) is 1. The first kappa shape index (κ1) is 15.3. The fourth-order valence-corrected chi connectivity index (χ4v) is 2.90. The van der Waals surface area contributed by atoms with Gasteiger partial charge in [0.2, 0.25) is 5.91 Å². The van der Waals surface area contributed by atoms with Gasteiger partial charge in [0, 0.05) is 24.4 Å². The molecule has 0 spiro atoms. The van der Waals surface area contributed by atoms with Crippen LogP contribution < -0.4 is 5.32 Å². The Balaban J connectivity index is 1.53. The molecule has 1 aliphatic rings.